The molecule has 0 saturated carbocycles. The summed E-state index contributed by atoms with van der Waals surface area (Å²) in [7, 11) is 0. The topological polar surface area (TPSA) is 75.4 Å². The van der Waals surface area contributed by atoms with E-state index in [1.165, 1.54) is 12.8 Å². The summed E-state index contributed by atoms with van der Waals surface area (Å²) in [6.07, 6.45) is 4.54. The van der Waals surface area contributed by atoms with Gasteiger partial charge in [0.25, 0.3) is 11.8 Å². The van der Waals surface area contributed by atoms with Gasteiger partial charge in [0.1, 0.15) is 0 Å². The van der Waals surface area contributed by atoms with Crippen LogP contribution < -0.4 is 11.1 Å². The second-order valence-corrected chi connectivity index (χ2v) is 6.64. The lowest BCUT2D eigenvalue weighted by molar-refractivity contribution is 0.0761. The first-order valence-corrected chi connectivity index (χ1v) is 9.17. The van der Waals surface area contributed by atoms with Gasteiger partial charge in [0.2, 0.25) is 0 Å². The molecule has 0 atom stereocenters. The highest BCUT2D eigenvalue weighted by Crippen LogP contribution is 2.16. The number of carbonyl (C=O) groups is 2. The highest BCUT2D eigenvalue weighted by atomic mass is 35.5. The van der Waals surface area contributed by atoms with Crippen molar-refractivity contribution in [3.05, 3.63) is 65.2 Å². The van der Waals surface area contributed by atoms with E-state index in [9.17, 15) is 9.59 Å². The number of anilines is 1. The highest BCUT2D eigenvalue weighted by Gasteiger charge is 2.17. The van der Waals surface area contributed by atoms with E-state index in [0.717, 1.165) is 31.5 Å². The Labute approximate surface area is 166 Å². The van der Waals surface area contributed by atoms with Gasteiger partial charge in [0, 0.05) is 36.4 Å². The van der Waals surface area contributed by atoms with Crippen molar-refractivity contribution in [3.8, 4) is 0 Å². The van der Waals surface area contributed by atoms with Gasteiger partial charge in [-0.25, -0.2) is 0 Å². The summed E-state index contributed by atoms with van der Waals surface area (Å²) in [5.74, 6) is -0.109. The molecule has 27 heavy (non-hydrogen) atoms. The summed E-state index contributed by atoms with van der Waals surface area (Å²) in [6.45, 7) is 2.11. The Morgan fingerprint density at radius 3 is 1.96 bits per heavy atom. The lowest BCUT2D eigenvalue weighted by Crippen LogP contribution is -2.31. The van der Waals surface area contributed by atoms with Crippen molar-refractivity contribution < 1.29 is 9.59 Å². The molecule has 2 aromatic carbocycles. The van der Waals surface area contributed by atoms with Crippen molar-refractivity contribution in [1.29, 1.82) is 0 Å². The van der Waals surface area contributed by atoms with Crippen LogP contribution >= 0.6 is 12.4 Å². The van der Waals surface area contributed by atoms with Crippen LogP contribution in [-0.2, 0) is 6.54 Å². The molecule has 6 heteroatoms. The maximum atomic E-state index is 12.6. The quantitative estimate of drug-likeness (QED) is 0.836. The predicted molar refractivity (Wildman–Crippen MR) is 110 cm³/mol. The second-order valence-electron chi connectivity index (χ2n) is 6.64. The van der Waals surface area contributed by atoms with E-state index < -0.39 is 0 Å². The summed E-state index contributed by atoms with van der Waals surface area (Å²) in [5.41, 5.74) is 8.46. The highest BCUT2D eigenvalue weighted by molar-refractivity contribution is 6.04. The molecule has 1 heterocycles. The van der Waals surface area contributed by atoms with Crippen molar-refractivity contribution in [2.24, 2.45) is 5.73 Å². The normalized spacial score (nSPS) is 14.0. The molecule has 3 N–H and O–H groups in total. The number of nitrogens with two attached hydrogens (primary N) is 1. The average Bonchev–Trinajstić information content (AvgIpc) is 2.97. The van der Waals surface area contributed by atoms with Crippen LogP contribution in [0.1, 0.15) is 52.0 Å². The van der Waals surface area contributed by atoms with Crippen molar-refractivity contribution in [3.63, 3.8) is 0 Å². The zero-order valence-corrected chi connectivity index (χ0v) is 16.1. The van der Waals surface area contributed by atoms with E-state index in [4.69, 9.17) is 5.73 Å². The van der Waals surface area contributed by atoms with E-state index in [0.29, 0.717) is 23.4 Å². The van der Waals surface area contributed by atoms with Crippen LogP contribution in [0.15, 0.2) is 48.5 Å². The first-order valence-electron chi connectivity index (χ1n) is 9.17. The molecule has 1 aliphatic heterocycles. The lowest BCUT2D eigenvalue weighted by atomic mass is 10.1. The van der Waals surface area contributed by atoms with Crippen LogP contribution in [0, 0.1) is 0 Å². The molecule has 1 fully saturated rings. The van der Waals surface area contributed by atoms with Crippen LogP contribution in [-0.4, -0.2) is 29.8 Å². The van der Waals surface area contributed by atoms with Crippen LogP contribution in [0.2, 0.25) is 0 Å². The maximum absolute atomic E-state index is 12.6. The van der Waals surface area contributed by atoms with E-state index in [1.807, 2.05) is 17.0 Å². The van der Waals surface area contributed by atoms with Gasteiger partial charge in [0.05, 0.1) is 0 Å². The standard InChI is InChI=1S/C21H25N3O2.ClH/c22-15-16-5-7-17(8-6-16)20(25)23-19-11-9-18(10-12-19)21(26)24-13-3-1-2-4-14-24;/h5-12H,1-4,13-15,22H2,(H,23,25);1H. The van der Waals surface area contributed by atoms with Gasteiger partial charge in [-0.15, -0.1) is 12.4 Å². The number of amides is 2. The molecule has 0 bridgehead atoms. The number of likely N-dealkylation sites (tertiary alicyclic amines) is 1. The molecular weight excluding hydrogens is 362 g/mol. The fourth-order valence-corrected chi connectivity index (χ4v) is 3.15. The summed E-state index contributed by atoms with van der Waals surface area (Å²) in [4.78, 5) is 26.8. The summed E-state index contributed by atoms with van der Waals surface area (Å²) in [5, 5.41) is 2.86. The Kier molecular flexibility index (Phi) is 7.82. The average molecular weight is 388 g/mol. The van der Waals surface area contributed by atoms with Gasteiger partial charge in [0.15, 0.2) is 0 Å². The molecule has 144 valence electrons. The molecule has 0 spiro atoms. The molecule has 2 amide bonds. The molecule has 0 unspecified atom stereocenters. The molecule has 1 aliphatic rings. The second kappa shape index (κ2) is 10.1. The minimum absolute atomic E-state index is 0. The van der Waals surface area contributed by atoms with E-state index in [-0.39, 0.29) is 24.2 Å². The van der Waals surface area contributed by atoms with Crippen LogP contribution in [0.5, 0.6) is 0 Å². The third-order valence-corrected chi connectivity index (χ3v) is 4.73. The van der Waals surface area contributed by atoms with Crippen LogP contribution in [0.25, 0.3) is 0 Å². The first kappa shape index (κ1) is 20.9. The molecule has 2 aromatic rings. The number of halogens is 1. The van der Waals surface area contributed by atoms with Crippen molar-refractivity contribution in [1.82, 2.24) is 4.90 Å². The number of benzene rings is 2. The minimum Gasteiger partial charge on any atom is -0.339 e. The Hall–Kier alpha value is -2.37. The molecule has 5 nitrogen and oxygen atoms in total. The number of hydrogen-bond acceptors (Lipinski definition) is 3. The molecule has 1 saturated heterocycles. The molecule has 3 rings (SSSR count). The SMILES string of the molecule is Cl.NCc1ccc(C(=O)Nc2ccc(C(=O)N3CCCCCC3)cc2)cc1. The van der Waals surface area contributed by atoms with E-state index >= 15 is 0 Å². The van der Waals surface area contributed by atoms with Crippen LogP contribution in [0.4, 0.5) is 5.69 Å². The number of nitrogens with zero attached hydrogens (tertiary/aromatic N) is 1. The largest absolute Gasteiger partial charge is 0.339 e. The molecule has 0 radical (unpaired) electrons. The Morgan fingerprint density at radius 2 is 1.41 bits per heavy atom. The van der Waals surface area contributed by atoms with Gasteiger partial charge in [-0.1, -0.05) is 25.0 Å². The zero-order chi connectivity index (χ0) is 18.4. The third kappa shape index (κ3) is 5.55. The number of carbonyl (C=O) groups excluding carboxylic acids is 2. The van der Waals surface area contributed by atoms with Gasteiger partial charge < -0.3 is 16.0 Å². The smallest absolute Gasteiger partial charge is 0.255 e. The van der Waals surface area contributed by atoms with Crippen LogP contribution in [0.3, 0.4) is 0 Å². The van der Waals surface area contributed by atoms with Gasteiger partial charge in [-0.3, -0.25) is 9.59 Å². The van der Waals surface area contributed by atoms with Gasteiger partial charge in [-0.2, -0.15) is 0 Å². The van der Waals surface area contributed by atoms with Crippen molar-refractivity contribution in [2.45, 2.75) is 32.2 Å². The zero-order valence-electron chi connectivity index (χ0n) is 15.3. The first-order chi connectivity index (χ1) is 12.7. The lowest BCUT2D eigenvalue weighted by Gasteiger charge is -2.20. The van der Waals surface area contributed by atoms with E-state index in [2.05, 4.69) is 5.32 Å². The fraction of sp³-hybridized carbons (Fsp3) is 0.333. The summed E-state index contributed by atoms with van der Waals surface area (Å²) >= 11 is 0. The number of hydrogen-bond donors (Lipinski definition) is 2. The fourth-order valence-electron chi connectivity index (χ4n) is 3.15. The van der Waals surface area contributed by atoms with Gasteiger partial charge in [-0.05, 0) is 54.8 Å². The minimum atomic E-state index is -0.180. The summed E-state index contributed by atoms with van der Waals surface area (Å²) < 4.78 is 0. The number of rotatable bonds is 4. The Morgan fingerprint density at radius 1 is 0.852 bits per heavy atom. The Balaban J connectivity index is 0.00000261. The van der Waals surface area contributed by atoms with Crippen molar-refractivity contribution in [2.75, 3.05) is 18.4 Å². The predicted octanol–water partition coefficient (Wildman–Crippen LogP) is 3.84. The molecule has 0 aromatic heterocycles. The van der Waals surface area contributed by atoms with Crippen molar-refractivity contribution >= 4 is 29.9 Å². The number of nitrogens with one attached hydrogen (secondary N) is 1. The Bertz CT molecular complexity index is 752. The third-order valence-electron chi connectivity index (χ3n) is 4.73. The maximum Gasteiger partial charge on any atom is 0.255 e. The molecular formula is C21H26ClN3O2. The monoisotopic (exact) mass is 387 g/mol. The molecule has 0 aliphatic carbocycles. The van der Waals surface area contributed by atoms with Gasteiger partial charge >= 0.3 is 0 Å². The van der Waals surface area contributed by atoms with E-state index in [1.54, 1.807) is 36.4 Å². The summed E-state index contributed by atoms with van der Waals surface area (Å²) in [6, 6.07) is 14.3.